The first-order valence-electron chi connectivity index (χ1n) is 5.47. The second-order valence-electron chi connectivity index (χ2n) is 4.01. The molecule has 0 spiro atoms. The molecule has 0 amide bonds. The number of hydrogen-bond donors (Lipinski definition) is 3. The lowest BCUT2D eigenvalue weighted by Crippen LogP contribution is -2.35. The molecule has 0 radical (unpaired) electrons. The SMILES string of the molecule is O=COc1cn([C@@H]2O[C@H](CO)CC2O)c(=O)[nH]c1=O. The van der Waals surface area contributed by atoms with Gasteiger partial charge in [0.25, 0.3) is 12.0 Å². The Bertz CT molecular complexity index is 578. The van der Waals surface area contributed by atoms with Crippen molar-refractivity contribution in [2.45, 2.75) is 24.9 Å². The molecule has 19 heavy (non-hydrogen) atoms. The van der Waals surface area contributed by atoms with Crippen LogP contribution < -0.4 is 16.0 Å². The molecule has 2 heterocycles. The maximum absolute atomic E-state index is 11.6. The number of nitrogens with one attached hydrogen (secondary N) is 1. The van der Waals surface area contributed by atoms with Gasteiger partial charge in [-0.3, -0.25) is 19.1 Å². The maximum atomic E-state index is 11.6. The van der Waals surface area contributed by atoms with Crippen molar-refractivity contribution in [2.24, 2.45) is 0 Å². The molecule has 0 bridgehead atoms. The van der Waals surface area contributed by atoms with E-state index in [4.69, 9.17) is 9.84 Å². The fourth-order valence-corrected chi connectivity index (χ4v) is 1.89. The first-order chi connectivity index (χ1) is 9.06. The number of H-pyrrole nitrogens is 1. The number of carbonyl (C=O) groups excluding carboxylic acids is 1. The first kappa shape index (κ1) is 13.5. The van der Waals surface area contributed by atoms with Gasteiger partial charge in [-0.25, -0.2) is 4.79 Å². The molecule has 9 nitrogen and oxygen atoms in total. The Balaban J connectivity index is 2.39. The molecular weight excluding hydrogens is 260 g/mol. The Morgan fingerprint density at radius 3 is 2.89 bits per heavy atom. The van der Waals surface area contributed by atoms with Gasteiger partial charge in [-0.05, 0) is 0 Å². The van der Waals surface area contributed by atoms with Gasteiger partial charge in [-0.1, -0.05) is 0 Å². The first-order valence-corrected chi connectivity index (χ1v) is 5.47. The van der Waals surface area contributed by atoms with Crippen molar-refractivity contribution in [3.8, 4) is 5.75 Å². The van der Waals surface area contributed by atoms with Crippen LogP contribution in [0.25, 0.3) is 0 Å². The van der Waals surface area contributed by atoms with Gasteiger partial charge < -0.3 is 19.7 Å². The molecule has 1 unspecified atom stereocenters. The van der Waals surface area contributed by atoms with Gasteiger partial charge in [-0.15, -0.1) is 0 Å². The van der Waals surface area contributed by atoms with Crippen LogP contribution in [0.5, 0.6) is 5.75 Å². The topological polar surface area (TPSA) is 131 Å². The molecular formula is C10H12N2O7. The van der Waals surface area contributed by atoms with Crippen LogP contribution >= 0.6 is 0 Å². The van der Waals surface area contributed by atoms with Crippen LogP contribution in [-0.4, -0.2) is 45.1 Å². The highest BCUT2D eigenvalue weighted by Crippen LogP contribution is 2.27. The van der Waals surface area contributed by atoms with Crippen LogP contribution in [0.1, 0.15) is 12.6 Å². The normalized spacial score (nSPS) is 26.3. The summed E-state index contributed by atoms with van der Waals surface area (Å²) < 4.78 is 10.6. The Hall–Kier alpha value is -1.97. The standard InChI is InChI=1S/C10H12N2O7/c13-3-5-1-6(15)9(19-5)12-2-7(18-4-14)8(16)11-10(12)17/h2,4-6,9,13,15H,1,3H2,(H,11,16,17)/t5-,6?,9+/m0/s1. The van der Waals surface area contributed by atoms with Crippen molar-refractivity contribution >= 4 is 6.47 Å². The molecule has 9 heteroatoms. The Morgan fingerprint density at radius 2 is 2.32 bits per heavy atom. The smallest absolute Gasteiger partial charge is 0.330 e. The van der Waals surface area contributed by atoms with Crippen molar-refractivity contribution < 1.29 is 24.5 Å². The number of aromatic amines is 1. The van der Waals surface area contributed by atoms with E-state index in [0.29, 0.717) is 0 Å². The number of hydrogen-bond acceptors (Lipinski definition) is 7. The molecule has 1 aliphatic heterocycles. The molecule has 3 atom stereocenters. The second kappa shape index (κ2) is 5.34. The van der Waals surface area contributed by atoms with Gasteiger partial charge in [0.15, 0.2) is 6.23 Å². The fraction of sp³-hybridized carbons (Fsp3) is 0.500. The minimum atomic E-state index is -1.06. The van der Waals surface area contributed by atoms with E-state index in [1.807, 2.05) is 4.98 Å². The predicted octanol–water partition coefficient (Wildman–Crippen LogP) is -2.29. The largest absolute Gasteiger partial charge is 0.421 e. The highest BCUT2D eigenvalue weighted by atomic mass is 16.5. The average molecular weight is 272 g/mol. The molecule has 3 N–H and O–H groups in total. The highest BCUT2D eigenvalue weighted by Gasteiger charge is 2.35. The Kier molecular flexibility index (Phi) is 3.79. The summed E-state index contributed by atoms with van der Waals surface area (Å²) in [6.45, 7) is -0.259. The zero-order valence-electron chi connectivity index (χ0n) is 9.68. The molecule has 1 fully saturated rings. The van der Waals surface area contributed by atoms with E-state index in [1.54, 1.807) is 0 Å². The monoisotopic (exact) mass is 272 g/mol. The van der Waals surface area contributed by atoms with Gasteiger partial charge in [0, 0.05) is 6.42 Å². The summed E-state index contributed by atoms with van der Waals surface area (Å²) in [7, 11) is 0. The molecule has 0 saturated carbocycles. The molecule has 1 aliphatic rings. The Morgan fingerprint density at radius 1 is 1.58 bits per heavy atom. The molecule has 104 valence electrons. The van der Waals surface area contributed by atoms with Crippen LogP contribution in [0.3, 0.4) is 0 Å². The fourth-order valence-electron chi connectivity index (χ4n) is 1.89. The number of rotatable bonds is 4. The van der Waals surface area contributed by atoms with Gasteiger partial charge in [0.1, 0.15) is 6.10 Å². The molecule has 1 aromatic rings. The van der Waals surface area contributed by atoms with E-state index in [9.17, 15) is 19.5 Å². The molecule has 2 rings (SSSR count). The third kappa shape index (κ3) is 2.57. The van der Waals surface area contributed by atoms with E-state index in [1.165, 1.54) is 0 Å². The second-order valence-corrected chi connectivity index (χ2v) is 4.01. The minimum Gasteiger partial charge on any atom is -0.421 e. The molecule has 0 aromatic carbocycles. The van der Waals surface area contributed by atoms with Crippen LogP contribution in [0.4, 0.5) is 0 Å². The number of nitrogens with zero attached hydrogens (tertiary/aromatic N) is 1. The summed E-state index contributed by atoms with van der Waals surface area (Å²) in [5.74, 6) is -0.391. The number of aliphatic hydroxyl groups is 2. The van der Waals surface area contributed by atoms with E-state index in [2.05, 4.69) is 4.74 Å². The van der Waals surface area contributed by atoms with Gasteiger partial charge in [0.05, 0.1) is 18.9 Å². The summed E-state index contributed by atoms with van der Waals surface area (Å²) in [4.78, 5) is 35.1. The predicted molar refractivity (Wildman–Crippen MR) is 59.6 cm³/mol. The van der Waals surface area contributed by atoms with Crippen LogP contribution in [0.2, 0.25) is 0 Å². The molecule has 1 saturated heterocycles. The van der Waals surface area contributed by atoms with Crippen molar-refractivity contribution in [3.63, 3.8) is 0 Å². The summed E-state index contributed by atoms with van der Waals surface area (Å²) in [5.41, 5.74) is -1.68. The van der Waals surface area contributed by atoms with Crippen LogP contribution in [0.15, 0.2) is 15.8 Å². The van der Waals surface area contributed by atoms with E-state index in [-0.39, 0.29) is 19.5 Å². The van der Waals surface area contributed by atoms with Crippen molar-refractivity contribution in [2.75, 3.05) is 6.61 Å². The van der Waals surface area contributed by atoms with Crippen molar-refractivity contribution in [3.05, 3.63) is 27.0 Å². The number of ether oxygens (including phenoxy) is 2. The summed E-state index contributed by atoms with van der Waals surface area (Å²) in [6.07, 6.45) is -1.56. The third-order valence-corrected chi connectivity index (χ3v) is 2.75. The summed E-state index contributed by atoms with van der Waals surface area (Å²) in [5, 5.41) is 18.7. The van der Waals surface area contributed by atoms with E-state index >= 15 is 0 Å². The van der Waals surface area contributed by atoms with Crippen molar-refractivity contribution in [1.82, 2.24) is 9.55 Å². The third-order valence-electron chi connectivity index (χ3n) is 2.75. The minimum absolute atomic E-state index is 0.0435. The highest BCUT2D eigenvalue weighted by molar-refractivity contribution is 5.43. The summed E-state index contributed by atoms with van der Waals surface area (Å²) in [6, 6.07) is 0. The quantitative estimate of drug-likeness (QED) is 0.526. The number of aromatic nitrogens is 2. The van der Waals surface area contributed by atoms with Crippen LogP contribution in [-0.2, 0) is 9.53 Å². The van der Waals surface area contributed by atoms with Crippen LogP contribution in [0, 0.1) is 0 Å². The lowest BCUT2D eigenvalue weighted by molar-refractivity contribution is -0.120. The number of carbonyl (C=O) groups is 1. The lowest BCUT2D eigenvalue weighted by Gasteiger charge is -2.17. The van der Waals surface area contributed by atoms with E-state index < -0.39 is 35.4 Å². The maximum Gasteiger partial charge on any atom is 0.330 e. The molecule has 1 aromatic heterocycles. The van der Waals surface area contributed by atoms with Crippen molar-refractivity contribution in [1.29, 1.82) is 0 Å². The zero-order valence-corrected chi connectivity index (χ0v) is 9.68. The summed E-state index contributed by atoms with van der Waals surface area (Å²) >= 11 is 0. The van der Waals surface area contributed by atoms with E-state index in [0.717, 1.165) is 10.8 Å². The van der Waals surface area contributed by atoms with Gasteiger partial charge in [-0.2, -0.15) is 0 Å². The van der Waals surface area contributed by atoms with Gasteiger partial charge >= 0.3 is 5.69 Å². The average Bonchev–Trinajstić information content (AvgIpc) is 2.74. The zero-order chi connectivity index (χ0) is 14.0. The Labute approximate surface area is 106 Å². The number of aliphatic hydroxyl groups excluding tert-OH is 2. The molecule has 0 aliphatic carbocycles. The van der Waals surface area contributed by atoms with Gasteiger partial charge in [0.2, 0.25) is 5.75 Å². The lowest BCUT2D eigenvalue weighted by atomic mass is 10.2.